The number of amides is 1. The van der Waals surface area contributed by atoms with Gasteiger partial charge in [0.15, 0.2) is 11.0 Å². The Morgan fingerprint density at radius 3 is 2.42 bits per heavy atom. The first-order valence-corrected chi connectivity index (χ1v) is 13.3. The van der Waals surface area contributed by atoms with Crippen LogP contribution in [0.15, 0.2) is 64.6 Å². The molecule has 0 bridgehead atoms. The van der Waals surface area contributed by atoms with Crippen molar-refractivity contribution in [2.45, 2.75) is 37.4 Å². The van der Waals surface area contributed by atoms with E-state index in [2.05, 4.69) is 15.5 Å². The van der Waals surface area contributed by atoms with Gasteiger partial charge in [-0.15, -0.1) is 10.2 Å². The highest BCUT2D eigenvalue weighted by Gasteiger charge is 2.23. The molecule has 0 atom stereocenters. The molecule has 0 aliphatic carbocycles. The van der Waals surface area contributed by atoms with Crippen LogP contribution in [0.1, 0.15) is 26.3 Å². The topological polar surface area (TPSA) is 97.2 Å². The first kappa shape index (κ1) is 24.9. The molecule has 0 spiro atoms. The number of hydrogen-bond donors (Lipinski definition) is 1. The number of thioether (sulfide) groups is 1. The van der Waals surface area contributed by atoms with E-state index < -0.39 is 10.0 Å². The summed E-state index contributed by atoms with van der Waals surface area (Å²) in [5.74, 6) is 0.691. The van der Waals surface area contributed by atoms with Gasteiger partial charge < -0.3 is 5.32 Å². The number of carbonyl (C=O) groups excluding carboxylic acids is 1. The summed E-state index contributed by atoms with van der Waals surface area (Å²) in [4.78, 5) is 12.2. The predicted octanol–water partition coefficient (Wildman–Crippen LogP) is 3.25. The van der Waals surface area contributed by atoms with Gasteiger partial charge in [0.1, 0.15) is 0 Å². The Morgan fingerprint density at radius 1 is 1.03 bits per heavy atom. The molecule has 0 unspecified atom stereocenters. The number of sulfonamides is 1. The summed E-state index contributed by atoms with van der Waals surface area (Å²) in [5, 5.41) is 12.1. The van der Waals surface area contributed by atoms with Gasteiger partial charge in [-0.05, 0) is 24.6 Å². The van der Waals surface area contributed by atoms with Crippen molar-refractivity contribution in [1.82, 2.24) is 24.4 Å². The summed E-state index contributed by atoms with van der Waals surface area (Å²) < 4.78 is 29.4. The SMILES string of the molecule is CCNC(=O)CSc1nnc(-c2cccc(S(=O)(=O)N(CC)CC)c2)n1Cc1ccccc1. The number of nitrogens with zero attached hydrogens (tertiary/aromatic N) is 4. The monoisotopic (exact) mass is 487 g/mol. The highest BCUT2D eigenvalue weighted by atomic mass is 32.2. The van der Waals surface area contributed by atoms with Crippen LogP contribution in [0.25, 0.3) is 11.4 Å². The zero-order chi connectivity index (χ0) is 23.8. The zero-order valence-electron chi connectivity index (χ0n) is 19.1. The van der Waals surface area contributed by atoms with Gasteiger partial charge in [-0.25, -0.2) is 8.42 Å². The Balaban J connectivity index is 2.01. The van der Waals surface area contributed by atoms with Crippen molar-refractivity contribution in [1.29, 1.82) is 0 Å². The van der Waals surface area contributed by atoms with Crippen LogP contribution in [0, 0.1) is 0 Å². The van der Waals surface area contributed by atoms with Crippen molar-refractivity contribution in [3.63, 3.8) is 0 Å². The second kappa shape index (κ2) is 11.4. The van der Waals surface area contributed by atoms with Crippen molar-refractivity contribution in [2.75, 3.05) is 25.4 Å². The molecule has 0 radical (unpaired) electrons. The van der Waals surface area contributed by atoms with Crippen LogP contribution in [0.2, 0.25) is 0 Å². The Bertz CT molecular complexity index is 1180. The smallest absolute Gasteiger partial charge is 0.243 e. The molecule has 33 heavy (non-hydrogen) atoms. The molecule has 3 rings (SSSR count). The molecule has 2 aromatic carbocycles. The van der Waals surface area contributed by atoms with Crippen LogP contribution in [0.5, 0.6) is 0 Å². The number of hydrogen-bond acceptors (Lipinski definition) is 6. The van der Waals surface area contributed by atoms with Crippen molar-refractivity contribution < 1.29 is 13.2 Å². The molecule has 0 aliphatic rings. The Kier molecular flexibility index (Phi) is 8.65. The number of carbonyl (C=O) groups is 1. The number of nitrogens with one attached hydrogen (secondary N) is 1. The third-order valence-electron chi connectivity index (χ3n) is 5.04. The summed E-state index contributed by atoms with van der Waals surface area (Å²) in [6.07, 6.45) is 0. The summed E-state index contributed by atoms with van der Waals surface area (Å²) >= 11 is 1.30. The average molecular weight is 488 g/mol. The van der Waals surface area contributed by atoms with Crippen LogP contribution in [-0.4, -0.2) is 58.8 Å². The molecule has 0 fully saturated rings. The van der Waals surface area contributed by atoms with Gasteiger partial charge in [-0.2, -0.15) is 4.31 Å². The summed E-state index contributed by atoms with van der Waals surface area (Å²) in [7, 11) is -3.61. The van der Waals surface area contributed by atoms with Gasteiger partial charge in [0.2, 0.25) is 15.9 Å². The van der Waals surface area contributed by atoms with E-state index in [9.17, 15) is 13.2 Å². The second-order valence-electron chi connectivity index (χ2n) is 7.24. The first-order chi connectivity index (χ1) is 15.9. The van der Waals surface area contributed by atoms with E-state index in [0.717, 1.165) is 5.56 Å². The van der Waals surface area contributed by atoms with Gasteiger partial charge in [-0.1, -0.05) is 68.1 Å². The minimum absolute atomic E-state index is 0.0781. The van der Waals surface area contributed by atoms with Gasteiger partial charge in [0.25, 0.3) is 0 Å². The average Bonchev–Trinajstić information content (AvgIpc) is 3.21. The number of rotatable bonds is 11. The highest BCUT2D eigenvalue weighted by Crippen LogP contribution is 2.27. The molecular formula is C23H29N5O3S2. The Hall–Kier alpha value is -2.69. The quantitative estimate of drug-likeness (QED) is 0.417. The fraction of sp³-hybridized carbons (Fsp3) is 0.348. The molecule has 0 aliphatic heterocycles. The van der Waals surface area contributed by atoms with Crippen molar-refractivity contribution >= 4 is 27.7 Å². The van der Waals surface area contributed by atoms with E-state index >= 15 is 0 Å². The van der Waals surface area contributed by atoms with Crippen molar-refractivity contribution in [2.24, 2.45) is 0 Å². The van der Waals surface area contributed by atoms with Gasteiger partial charge >= 0.3 is 0 Å². The minimum Gasteiger partial charge on any atom is -0.356 e. The number of aromatic nitrogens is 3. The van der Waals surface area contributed by atoms with Crippen LogP contribution in [-0.2, 0) is 21.4 Å². The summed E-state index contributed by atoms with van der Waals surface area (Å²) in [6, 6.07) is 16.6. The standard InChI is InChI=1S/C23H29N5O3S2/c1-4-24-21(29)17-32-23-26-25-22(28(23)16-18-11-8-7-9-12-18)19-13-10-14-20(15-19)33(30,31)27(5-2)6-3/h7-15H,4-6,16-17H2,1-3H3,(H,24,29). The van der Waals surface area contributed by atoms with Crippen LogP contribution in [0.3, 0.4) is 0 Å². The molecule has 176 valence electrons. The maximum Gasteiger partial charge on any atom is 0.243 e. The molecule has 1 heterocycles. The Labute approximate surface area is 199 Å². The maximum atomic E-state index is 13.0. The summed E-state index contributed by atoms with van der Waals surface area (Å²) in [6.45, 7) is 7.36. The highest BCUT2D eigenvalue weighted by molar-refractivity contribution is 7.99. The van der Waals surface area contributed by atoms with E-state index in [1.807, 2.05) is 61.7 Å². The molecule has 8 nitrogen and oxygen atoms in total. The molecule has 10 heteroatoms. The van der Waals surface area contributed by atoms with Gasteiger partial charge in [0, 0.05) is 25.2 Å². The second-order valence-corrected chi connectivity index (χ2v) is 10.1. The number of benzene rings is 2. The van der Waals surface area contributed by atoms with Gasteiger partial charge in [-0.3, -0.25) is 9.36 Å². The molecule has 0 saturated heterocycles. The third-order valence-corrected chi connectivity index (χ3v) is 8.05. The van der Waals surface area contributed by atoms with E-state index in [1.54, 1.807) is 18.2 Å². The van der Waals surface area contributed by atoms with Gasteiger partial charge in [0.05, 0.1) is 17.2 Å². The van der Waals surface area contributed by atoms with Crippen LogP contribution < -0.4 is 5.32 Å². The normalized spacial score (nSPS) is 11.6. The lowest BCUT2D eigenvalue weighted by Gasteiger charge is -2.19. The fourth-order valence-electron chi connectivity index (χ4n) is 3.40. The molecular weight excluding hydrogens is 458 g/mol. The van der Waals surface area contributed by atoms with Crippen molar-refractivity contribution in [3.05, 3.63) is 60.2 Å². The predicted molar refractivity (Wildman–Crippen MR) is 131 cm³/mol. The van der Waals surface area contributed by atoms with Crippen LogP contribution >= 0.6 is 11.8 Å². The zero-order valence-corrected chi connectivity index (χ0v) is 20.7. The fourth-order valence-corrected chi connectivity index (χ4v) is 5.68. The first-order valence-electron chi connectivity index (χ1n) is 10.9. The summed E-state index contributed by atoms with van der Waals surface area (Å²) in [5.41, 5.74) is 1.70. The molecule has 1 aromatic heterocycles. The lowest BCUT2D eigenvalue weighted by atomic mass is 10.2. The van der Waals surface area contributed by atoms with E-state index in [0.29, 0.717) is 42.7 Å². The van der Waals surface area contributed by atoms with Crippen molar-refractivity contribution in [3.8, 4) is 11.4 Å². The van der Waals surface area contributed by atoms with Crippen LogP contribution in [0.4, 0.5) is 0 Å². The Morgan fingerprint density at radius 2 is 1.76 bits per heavy atom. The third kappa shape index (κ3) is 6.01. The molecule has 1 N–H and O–H groups in total. The molecule has 1 amide bonds. The van der Waals surface area contributed by atoms with E-state index in [4.69, 9.17) is 0 Å². The lowest BCUT2D eigenvalue weighted by molar-refractivity contribution is -0.118. The molecule has 0 saturated carbocycles. The van der Waals surface area contributed by atoms with E-state index in [-0.39, 0.29) is 16.6 Å². The largest absolute Gasteiger partial charge is 0.356 e. The minimum atomic E-state index is -3.61. The maximum absolute atomic E-state index is 13.0. The molecule has 3 aromatic rings. The van der Waals surface area contributed by atoms with E-state index in [1.165, 1.54) is 16.1 Å². The lowest BCUT2D eigenvalue weighted by Crippen LogP contribution is -2.30.